The van der Waals surface area contributed by atoms with Gasteiger partial charge in [0, 0.05) is 35.1 Å². The van der Waals surface area contributed by atoms with Crippen molar-refractivity contribution in [3.8, 4) is 0 Å². The standard InChI is InChI=1S/C37H55N5O4/c1-11-28(20-17-25-15-18-27(38)19-16-25)40-29-14-12-13-26(22-29)37(8,9)31(39)33(43)41-32(36(5,6)7)34(44)42(10)30(23(2)3)21-24(4)35(45)46/h11-16,18-19,21-23,30-32,40H,17,20,38-39H2,1-10H3,(H,41,43)(H,45,46)/b24-21+,28-11-/t30-,31?,32?/m1/s1. The lowest BCUT2D eigenvalue weighted by Gasteiger charge is -2.39. The number of carbonyl (C=O) groups is 3. The number of hydrogen-bond acceptors (Lipinski definition) is 6. The van der Waals surface area contributed by atoms with E-state index in [1.165, 1.54) is 17.4 Å². The second-order valence-corrected chi connectivity index (χ2v) is 14.1. The molecule has 0 aliphatic rings. The number of nitrogens with one attached hydrogen (secondary N) is 2. The lowest BCUT2D eigenvalue weighted by atomic mass is 9.77. The third-order valence-corrected chi connectivity index (χ3v) is 8.62. The minimum Gasteiger partial charge on any atom is -0.478 e. The predicted octanol–water partition coefficient (Wildman–Crippen LogP) is 5.87. The van der Waals surface area contributed by atoms with E-state index >= 15 is 0 Å². The summed E-state index contributed by atoms with van der Waals surface area (Å²) in [5, 5.41) is 15.9. The van der Waals surface area contributed by atoms with E-state index in [9.17, 15) is 19.5 Å². The molecule has 2 rings (SSSR count). The lowest BCUT2D eigenvalue weighted by Crippen LogP contribution is -2.61. The summed E-state index contributed by atoms with van der Waals surface area (Å²) < 4.78 is 0. The van der Waals surface area contributed by atoms with Crippen molar-refractivity contribution in [3.05, 3.63) is 83.1 Å². The average Bonchev–Trinajstić information content (AvgIpc) is 2.99. The number of hydrogen-bond donors (Lipinski definition) is 5. The van der Waals surface area contributed by atoms with Crippen molar-refractivity contribution in [3.63, 3.8) is 0 Å². The SMILES string of the molecule is C/C=C(/CCc1ccc(N)cc1)Nc1cccc(C(C)(C)C(N)C(=O)NC(C(=O)N(C)[C@H](/C=C(\C)C(=O)O)C(C)C)C(C)(C)C)c1. The monoisotopic (exact) mass is 633 g/mol. The van der Waals surface area contributed by atoms with E-state index < -0.39 is 40.8 Å². The molecule has 7 N–H and O–H groups in total. The molecule has 0 aliphatic heterocycles. The number of nitrogens with zero attached hydrogens (tertiary/aromatic N) is 1. The third kappa shape index (κ3) is 10.2. The summed E-state index contributed by atoms with van der Waals surface area (Å²) in [6.45, 7) is 16.8. The number of rotatable bonds is 14. The predicted molar refractivity (Wildman–Crippen MR) is 188 cm³/mol. The summed E-state index contributed by atoms with van der Waals surface area (Å²) in [5.41, 5.74) is 16.0. The van der Waals surface area contributed by atoms with Crippen LogP contribution in [0.25, 0.3) is 0 Å². The number of anilines is 2. The Hall–Kier alpha value is -4.11. The van der Waals surface area contributed by atoms with Crippen LogP contribution in [0.15, 0.2) is 72.0 Å². The fourth-order valence-corrected chi connectivity index (χ4v) is 5.24. The molecule has 0 aromatic heterocycles. The number of carboxylic acids is 1. The van der Waals surface area contributed by atoms with Crippen LogP contribution in [0.5, 0.6) is 0 Å². The molecule has 46 heavy (non-hydrogen) atoms. The molecule has 0 saturated heterocycles. The maximum atomic E-state index is 13.9. The van der Waals surface area contributed by atoms with Crippen LogP contribution in [-0.4, -0.2) is 53.0 Å². The maximum Gasteiger partial charge on any atom is 0.331 e. The van der Waals surface area contributed by atoms with Gasteiger partial charge in [-0.05, 0) is 73.4 Å². The first kappa shape index (κ1) is 38.1. The first-order chi connectivity index (χ1) is 21.3. The highest BCUT2D eigenvalue weighted by molar-refractivity contribution is 5.91. The summed E-state index contributed by atoms with van der Waals surface area (Å²) in [5.74, 6) is -1.86. The minimum atomic E-state index is -1.04. The van der Waals surface area contributed by atoms with Gasteiger partial charge in [0.15, 0.2) is 0 Å². The van der Waals surface area contributed by atoms with Gasteiger partial charge < -0.3 is 32.1 Å². The number of aryl methyl sites for hydroxylation is 1. The number of benzene rings is 2. The summed E-state index contributed by atoms with van der Waals surface area (Å²) >= 11 is 0. The molecule has 9 nitrogen and oxygen atoms in total. The van der Waals surface area contributed by atoms with Crippen molar-refractivity contribution in [2.24, 2.45) is 17.1 Å². The van der Waals surface area contributed by atoms with Gasteiger partial charge in [0.25, 0.3) is 0 Å². The van der Waals surface area contributed by atoms with Gasteiger partial charge in [0.05, 0.1) is 12.1 Å². The van der Waals surface area contributed by atoms with Gasteiger partial charge in [-0.15, -0.1) is 0 Å². The molecule has 0 radical (unpaired) electrons. The molecule has 2 aromatic rings. The summed E-state index contributed by atoms with van der Waals surface area (Å²) in [6.07, 6.45) is 5.31. The molecule has 0 spiro atoms. The fraction of sp³-hybridized carbons (Fsp3) is 0.486. The maximum absolute atomic E-state index is 13.9. The quantitative estimate of drug-likeness (QED) is 0.129. The Labute approximate surface area is 275 Å². The van der Waals surface area contributed by atoms with Gasteiger partial charge in [0.2, 0.25) is 11.8 Å². The van der Waals surface area contributed by atoms with Crippen LogP contribution in [0.2, 0.25) is 0 Å². The topological polar surface area (TPSA) is 151 Å². The first-order valence-corrected chi connectivity index (χ1v) is 15.9. The van der Waals surface area contributed by atoms with Crippen molar-refractivity contribution in [2.45, 2.75) is 98.7 Å². The van der Waals surface area contributed by atoms with E-state index in [4.69, 9.17) is 11.5 Å². The Morgan fingerprint density at radius 1 is 1.02 bits per heavy atom. The van der Waals surface area contributed by atoms with Crippen molar-refractivity contribution in [1.29, 1.82) is 0 Å². The molecule has 3 atom stereocenters. The number of nitrogens with two attached hydrogens (primary N) is 2. The van der Waals surface area contributed by atoms with Crippen LogP contribution in [0.1, 0.15) is 79.9 Å². The zero-order chi connectivity index (χ0) is 35.0. The molecule has 0 fully saturated rings. The van der Waals surface area contributed by atoms with E-state index in [-0.39, 0.29) is 17.4 Å². The van der Waals surface area contributed by atoms with Gasteiger partial charge in [-0.2, -0.15) is 0 Å². The normalized spacial score (nSPS) is 14.8. The second-order valence-electron chi connectivity index (χ2n) is 14.1. The van der Waals surface area contributed by atoms with Crippen LogP contribution >= 0.6 is 0 Å². The minimum absolute atomic E-state index is 0.0533. The molecule has 2 unspecified atom stereocenters. The molecular weight excluding hydrogens is 578 g/mol. The Morgan fingerprint density at radius 3 is 2.15 bits per heavy atom. The lowest BCUT2D eigenvalue weighted by molar-refractivity contribution is -0.140. The van der Waals surface area contributed by atoms with Crippen LogP contribution in [-0.2, 0) is 26.2 Å². The largest absolute Gasteiger partial charge is 0.478 e. The van der Waals surface area contributed by atoms with E-state index in [1.807, 2.05) is 104 Å². The molecule has 0 bridgehead atoms. The molecule has 0 aliphatic carbocycles. The van der Waals surface area contributed by atoms with Gasteiger partial charge in [-0.1, -0.05) is 84.9 Å². The Kier molecular flexibility index (Phi) is 13.2. The average molecular weight is 634 g/mol. The van der Waals surface area contributed by atoms with E-state index in [1.54, 1.807) is 13.1 Å². The number of nitrogen functional groups attached to an aromatic ring is 1. The van der Waals surface area contributed by atoms with Gasteiger partial charge >= 0.3 is 5.97 Å². The number of aliphatic carboxylic acids is 1. The molecule has 2 aromatic carbocycles. The number of allylic oxidation sites excluding steroid dienone is 2. The smallest absolute Gasteiger partial charge is 0.331 e. The van der Waals surface area contributed by atoms with Crippen molar-refractivity contribution < 1.29 is 19.5 Å². The number of amides is 2. The Morgan fingerprint density at radius 2 is 1.63 bits per heavy atom. The zero-order valence-corrected chi connectivity index (χ0v) is 29.3. The highest BCUT2D eigenvalue weighted by atomic mass is 16.4. The van der Waals surface area contributed by atoms with Crippen LogP contribution < -0.4 is 22.1 Å². The second kappa shape index (κ2) is 15.9. The van der Waals surface area contributed by atoms with E-state index in [2.05, 4.69) is 16.7 Å². The molecule has 0 saturated carbocycles. The first-order valence-electron chi connectivity index (χ1n) is 15.9. The Balaban J connectivity index is 2.24. The molecule has 9 heteroatoms. The molecule has 252 valence electrons. The number of likely N-dealkylation sites (N-methyl/N-ethyl adjacent to an activating group) is 1. The van der Waals surface area contributed by atoms with Gasteiger partial charge in [0.1, 0.15) is 6.04 Å². The van der Waals surface area contributed by atoms with Crippen molar-refractivity contribution in [2.75, 3.05) is 18.1 Å². The summed E-state index contributed by atoms with van der Waals surface area (Å²) in [7, 11) is 1.64. The van der Waals surface area contributed by atoms with Crippen LogP contribution in [0.3, 0.4) is 0 Å². The van der Waals surface area contributed by atoms with Gasteiger partial charge in [-0.25, -0.2) is 4.79 Å². The molecule has 0 heterocycles. The fourth-order valence-electron chi connectivity index (χ4n) is 5.24. The third-order valence-electron chi connectivity index (χ3n) is 8.62. The number of carboxylic acid groups (broad SMARTS) is 1. The van der Waals surface area contributed by atoms with Crippen molar-refractivity contribution >= 4 is 29.2 Å². The zero-order valence-electron chi connectivity index (χ0n) is 29.3. The van der Waals surface area contributed by atoms with Crippen LogP contribution in [0.4, 0.5) is 11.4 Å². The highest BCUT2D eigenvalue weighted by Crippen LogP contribution is 2.30. The van der Waals surface area contributed by atoms with Gasteiger partial charge in [-0.3, -0.25) is 9.59 Å². The van der Waals surface area contributed by atoms with Crippen LogP contribution in [0, 0.1) is 11.3 Å². The van der Waals surface area contributed by atoms with Crippen molar-refractivity contribution in [1.82, 2.24) is 10.2 Å². The molecular formula is C37H55N5O4. The number of carbonyl (C=O) groups excluding carboxylic acids is 2. The van der Waals surface area contributed by atoms with E-state index in [0.717, 1.165) is 35.5 Å². The molecule has 2 amide bonds. The summed E-state index contributed by atoms with van der Waals surface area (Å²) in [6, 6.07) is 13.4. The Bertz CT molecular complexity index is 1420. The summed E-state index contributed by atoms with van der Waals surface area (Å²) in [4.78, 5) is 40.6. The highest BCUT2D eigenvalue weighted by Gasteiger charge is 2.41. The van der Waals surface area contributed by atoms with E-state index in [0.29, 0.717) is 0 Å².